The van der Waals surface area contributed by atoms with Crippen LogP contribution in [0.1, 0.15) is 16.2 Å². The number of amides is 1. The molecule has 132 valence electrons. The van der Waals surface area contributed by atoms with Gasteiger partial charge in [0.2, 0.25) is 0 Å². The van der Waals surface area contributed by atoms with E-state index in [0.717, 1.165) is 16.7 Å². The van der Waals surface area contributed by atoms with Gasteiger partial charge in [0.05, 0.1) is 0 Å². The maximum absolute atomic E-state index is 12.6. The number of benzene rings is 3. The van der Waals surface area contributed by atoms with Crippen molar-refractivity contribution in [1.29, 1.82) is 0 Å². The minimum Gasteiger partial charge on any atom is -0.334 e. The van der Waals surface area contributed by atoms with E-state index in [4.69, 9.17) is 4.52 Å². The molecule has 0 aliphatic heterocycles. The maximum atomic E-state index is 12.6. The summed E-state index contributed by atoms with van der Waals surface area (Å²) in [5.74, 6) is 0.822. The van der Waals surface area contributed by atoms with Crippen LogP contribution in [-0.4, -0.2) is 16.0 Å². The fourth-order valence-corrected chi connectivity index (χ4v) is 2.79. The van der Waals surface area contributed by atoms with Crippen molar-refractivity contribution >= 4 is 11.6 Å². The van der Waals surface area contributed by atoms with Crippen LogP contribution in [-0.2, 0) is 0 Å². The normalized spacial score (nSPS) is 10.6. The molecule has 0 aliphatic carbocycles. The summed E-state index contributed by atoms with van der Waals surface area (Å²) in [4.78, 5) is 16.8. The fraction of sp³-hybridized carbons (Fsp3) is 0.0455. The van der Waals surface area contributed by atoms with Gasteiger partial charge in [-0.1, -0.05) is 53.7 Å². The van der Waals surface area contributed by atoms with Gasteiger partial charge < -0.3 is 9.84 Å². The van der Waals surface area contributed by atoms with Crippen LogP contribution >= 0.6 is 0 Å². The number of nitrogens with one attached hydrogen (secondary N) is 1. The number of rotatable bonds is 4. The molecule has 3 aromatic carbocycles. The third-order valence-electron chi connectivity index (χ3n) is 4.15. The van der Waals surface area contributed by atoms with Crippen LogP contribution in [0.4, 0.5) is 5.69 Å². The number of aryl methyl sites for hydroxylation is 1. The second-order valence-electron chi connectivity index (χ2n) is 6.13. The van der Waals surface area contributed by atoms with Crippen molar-refractivity contribution in [1.82, 2.24) is 10.1 Å². The Bertz CT molecular complexity index is 1070. The van der Waals surface area contributed by atoms with Crippen molar-refractivity contribution in [2.75, 3.05) is 5.32 Å². The molecule has 4 aromatic rings. The van der Waals surface area contributed by atoms with E-state index in [2.05, 4.69) is 15.5 Å². The molecule has 0 fully saturated rings. The molecule has 1 N–H and O–H groups in total. The Hall–Kier alpha value is -3.73. The number of carbonyl (C=O) groups is 1. The zero-order valence-electron chi connectivity index (χ0n) is 14.7. The summed E-state index contributed by atoms with van der Waals surface area (Å²) in [7, 11) is 0. The van der Waals surface area contributed by atoms with Crippen molar-refractivity contribution in [2.45, 2.75) is 6.92 Å². The molecule has 0 saturated carbocycles. The predicted molar refractivity (Wildman–Crippen MR) is 104 cm³/mol. The summed E-state index contributed by atoms with van der Waals surface area (Å²) in [5.41, 5.74) is 4.20. The molecule has 0 aliphatic rings. The summed E-state index contributed by atoms with van der Waals surface area (Å²) in [6.45, 7) is 1.76. The Balaban J connectivity index is 1.51. The molecule has 5 heteroatoms. The zero-order chi connectivity index (χ0) is 18.6. The first-order valence-electron chi connectivity index (χ1n) is 8.57. The topological polar surface area (TPSA) is 68.0 Å². The summed E-state index contributed by atoms with van der Waals surface area (Å²) in [6.07, 6.45) is 0. The monoisotopic (exact) mass is 355 g/mol. The highest BCUT2D eigenvalue weighted by molar-refractivity contribution is 6.04. The lowest BCUT2D eigenvalue weighted by Crippen LogP contribution is -2.11. The number of hydrogen-bond donors (Lipinski definition) is 1. The highest BCUT2D eigenvalue weighted by Gasteiger charge is 2.10. The van der Waals surface area contributed by atoms with Crippen molar-refractivity contribution in [3.05, 3.63) is 90.3 Å². The van der Waals surface area contributed by atoms with E-state index in [-0.39, 0.29) is 5.91 Å². The number of hydrogen-bond acceptors (Lipinski definition) is 4. The van der Waals surface area contributed by atoms with E-state index in [1.54, 1.807) is 6.92 Å². The van der Waals surface area contributed by atoms with Gasteiger partial charge in [-0.15, -0.1) is 0 Å². The number of nitrogens with zero attached hydrogens (tertiary/aromatic N) is 2. The molecule has 0 spiro atoms. The molecule has 0 unspecified atom stereocenters. The third-order valence-corrected chi connectivity index (χ3v) is 4.15. The summed E-state index contributed by atoms with van der Waals surface area (Å²) in [6, 6.07) is 24.9. The second-order valence-corrected chi connectivity index (χ2v) is 6.13. The van der Waals surface area contributed by atoms with Gasteiger partial charge >= 0.3 is 0 Å². The van der Waals surface area contributed by atoms with Gasteiger partial charge in [0, 0.05) is 16.8 Å². The molecule has 5 nitrogen and oxygen atoms in total. The first-order valence-corrected chi connectivity index (χ1v) is 8.57. The van der Waals surface area contributed by atoms with E-state index in [9.17, 15) is 4.79 Å². The molecule has 0 atom stereocenters. The lowest BCUT2D eigenvalue weighted by Gasteiger charge is -2.07. The van der Waals surface area contributed by atoms with Crippen molar-refractivity contribution in [2.24, 2.45) is 0 Å². The predicted octanol–water partition coefficient (Wildman–Crippen LogP) is 4.96. The fourth-order valence-electron chi connectivity index (χ4n) is 2.79. The van der Waals surface area contributed by atoms with Crippen molar-refractivity contribution in [3.63, 3.8) is 0 Å². The van der Waals surface area contributed by atoms with E-state index in [1.807, 2.05) is 78.9 Å². The minimum absolute atomic E-state index is 0.173. The highest BCUT2D eigenvalue weighted by Crippen LogP contribution is 2.22. The van der Waals surface area contributed by atoms with Gasteiger partial charge in [-0.3, -0.25) is 4.79 Å². The lowest BCUT2D eigenvalue weighted by molar-refractivity contribution is 0.102. The van der Waals surface area contributed by atoms with Crippen molar-refractivity contribution in [3.8, 4) is 22.6 Å². The van der Waals surface area contributed by atoms with Gasteiger partial charge in [-0.2, -0.15) is 4.98 Å². The first-order chi connectivity index (χ1) is 13.2. The number of carbonyl (C=O) groups excluding carboxylic acids is 1. The Morgan fingerprint density at radius 3 is 2.26 bits per heavy atom. The largest absolute Gasteiger partial charge is 0.334 e. The van der Waals surface area contributed by atoms with Gasteiger partial charge in [0.1, 0.15) is 0 Å². The van der Waals surface area contributed by atoms with E-state index in [0.29, 0.717) is 23.0 Å². The molecular weight excluding hydrogens is 338 g/mol. The quantitative estimate of drug-likeness (QED) is 0.561. The molecular formula is C22H17N3O2. The lowest BCUT2D eigenvalue weighted by atomic mass is 10.0. The molecule has 27 heavy (non-hydrogen) atoms. The Labute approximate surface area is 156 Å². The Morgan fingerprint density at radius 1 is 0.852 bits per heavy atom. The standard InChI is InChI=1S/C22H17N3O2/c1-15-23-22(27-25-15)19-8-5-9-20(14-19)24-21(26)18-12-10-17(11-13-18)16-6-3-2-4-7-16/h2-14H,1H3,(H,24,26). The van der Waals surface area contributed by atoms with Crippen LogP contribution in [0.5, 0.6) is 0 Å². The third kappa shape index (κ3) is 3.77. The van der Waals surface area contributed by atoms with E-state index >= 15 is 0 Å². The molecule has 0 saturated heterocycles. The second kappa shape index (κ2) is 7.25. The van der Waals surface area contributed by atoms with E-state index < -0.39 is 0 Å². The highest BCUT2D eigenvalue weighted by atomic mass is 16.5. The molecule has 1 aromatic heterocycles. The molecule has 0 radical (unpaired) electrons. The van der Waals surface area contributed by atoms with Crippen LogP contribution in [0.2, 0.25) is 0 Å². The molecule has 0 bridgehead atoms. The first kappa shape index (κ1) is 16.7. The summed E-state index contributed by atoms with van der Waals surface area (Å²) in [5, 5.41) is 6.70. The summed E-state index contributed by atoms with van der Waals surface area (Å²) < 4.78 is 5.18. The van der Waals surface area contributed by atoms with Crippen LogP contribution in [0.3, 0.4) is 0 Å². The Morgan fingerprint density at radius 2 is 1.56 bits per heavy atom. The van der Waals surface area contributed by atoms with Gasteiger partial charge in [-0.25, -0.2) is 0 Å². The Kier molecular flexibility index (Phi) is 4.49. The average Bonchev–Trinajstić information content (AvgIpc) is 3.15. The van der Waals surface area contributed by atoms with Crippen LogP contribution in [0, 0.1) is 6.92 Å². The van der Waals surface area contributed by atoms with Crippen LogP contribution in [0.25, 0.3) is 22.6 Å². The number of anilines is 1. The van der Waals surface area contributed by atoms with E-state index in [1.165, 1.54) is 0 Å². The van der Waals surface area contributed by atoms with Crippen LogP contribution in [0.15, 0.2) is 83.4 Å². The molecule has 4 rings (SSSR count). The smallest absolute Gasteiger partial charge is 0.257 e. The minimum atomic E-state index is -0.173. The molecule has 1 amide bonds. The maximum Gasteiger partial charge on any atom is 0.257 e. The van der Waals surface area contributed by atoms with Gasteiger partial charge in [0.15, 0.2) is 5.82 Å². The zero-order valence-corrected chi connectivity index (χ0v) is 14.7. The molecule has 1 heterocycles. The van der Waals surface area contributed by atoms with Gasteiger partial charge in [-0.05, 0) is 48.4 Å². The van der Waals surface area contributed by atoms with Crippen molar-refractivity contribution < 1.29 is 9.32 Å². The average molecular weight is 355 g/mol. The SMILES string of the molecule is Cc1noc(-c2cccc(NC(=O)c3ccc(-c4ccccc4)cc3)c2)n1. The summed E-state index contributed by atoms with van der Waals surface area (Å²) >= 11 is 0. The van der Waals surface area contributed by atoms with Gasteiger partial charge in [0.25, 0.3) is 11.8 Å². The number of aromatic nitrogens is 2. The van der Waals surface area contributed by atoms with Crippen LogP contribution < -0.4 is 5.32 Å².